The van der Waals surface area contributed by atoms with Crippen LogP contribution in [-0.2, 0) is 0 Å². The van der Waals surface area contributed by atoms with Crippen LogP contribution in [0.1, 0.15) is 0 Å². The minimum absolute atomic E-state index is 0.0881. The maximum atomic E-state index is 2.57. The molecule has 0 spiro atoms. The Kier molecular flexibility index (Phi) is 5.95. The molecule has 2 aliphatic heterocycles. The highest BCUT2D eigenvalue weighted by molar-refractivity contribution is 6.92. The number of rotatable bonds is 4. The maximum Gasteiger partial charge on any atom is 0.329 e. The molecular formula is C42H29BN2. The number of para-hydroxylation sites is 2. The van der Waals surface area contributed by atoms with Gasteiger partial charge in [0.1, 0.15) is 0 Å². The van der Waals surface area contributed by atoms with E-state index in [0.717, 1.165) is 17.1 Å². The van der Waals surface area contributed by atoms with Gasteiger partial charge in [0, 0.05) is 39.6 Å². The minimum atomic E-state index is 0.0881. The van der Waals surface area contributed by atoms with Gasteiger partial charge < -0.3 is 9.71 Å². The fourth-order valence-electron chi connectivity index (χ4n) is 7.28. The molecule has 0 aromatic heterocycles. The highest BCUT2D eigenvalue weighted by atomic mass is 15.1. The number of fused-ring (bicyclic) bond motifs is 11. The molecule has 0 bridgehead atoms. The third-order valence-corrected chi connectivity index (χ3v) is 9.24. The van der Waals surface area contributed by atoms with Gasteiger partial charge in [-0.1, -0.05) is 121 Å². The van der Waals surface area contributed by atoms with E-state index in [2.05, 4.69) is 186 Å². The molecule has 7 aromatic carbocycles. The van der Waals surface area contributed by atoms with Crippen LogP contribution in [0.15, 0.2) is 176 Å². The predicted molar refractivity (Wildman–Crippen MR) is 191 cm³/mol. The van der Waals surface area contributed by atoms with Gasteiger partial charge in [-0.3, -0.25) is 0 Å². The van der Waals surface area contributed by atoms with E-state index < -0.39 is 0 Å². The molecule has 0 aliphatic carbocycles. The first-order valence-corrected chi connectivity index (χ1v) is 15.6. The number of anilines is 5. The molecule has 210 valence electrons. The molecule has 0 unspecified atom stereocenters. The maximum absolute atomic E-state index is 2.57. The van der Waals surface area contributed by atoms with Crippen molar-refractivity contribution < 1.29 is 0 Å². The molecule has 0 amide bonds. The van der Waals surface area contributed by atoms with Crippen molar-refractivity contribution in [2.75, 3.05) is 9.71 Å². The van der Waals surface area contributed by atoms with Gasteiger partial charge in [0.2, 0.25) is 0 Å². The Morgan fingerprint density at radius 1 is 0.356 bits per heavy atom. The lowest BCUT2D eigenvalue weighted by Crippen LogP contribution is -2.59. The Morgan fingerprint density at radius 2 is 0.844 bits per heavy atom. The van der Waals surface area contributed by atoms with Crippen LogP contribution in [0.5, 0.6) is 0 Å². The Labute approximate surface area is 264 Å². The van der Waals surface area contributed by atoms with Crippen molar-refractivity contribution in [3.63, 3.8) is 0 Å². The third kappa shape index (κ3) is 4.12. The monoisotopic (exact) mass is 572 g/mol. The molecule has 0 N–H and O–H groups in total. The van der Waals surface area contributed by atoms with Gasteiger partial charge in [-0.25, -0.2) is 0 Å². The van der Waals surface area contributed by atoms with Crippen molar-refractivity contribution in [2.24, 2.45) is 0 Å². The standard InChI is InChI=1S/C42H29BN2/c1-4-14-30(15-5-1)31-24-26-41-37(28-31)35-20-10-12-22-39(35)43-40-23-13-11-21-36(40)38-29-34(25-27-42(38)45(41)43)44(32-16-6-2-7-17-32)33-18-8-3-9-19-33/h1-29H. The van der Waals surface area contributed by atoms with Gasteiger partial charge in [0.15, 0.2) is 0 Å². The summed E-state index contributed by atoms with van der Waals surface area (Å²) < 4.78 is 0. The highest BCUT2D eigenvalue weighted by Crippen LogP contribution is 2.48. The van der Waals surface area contributed by atoms with Crippen LogP contribution < -0.4 is 20.6 Å². The first-order chi connectivity index (χ1) is 22.3. The largest absolute Gasteiger partial charge is 0.376 e. The summed E-state index contributed by atoms with van der Waals surface area (Å²) in [5.41, 5.74) is 16.1. The summed E-state index contributed by atoms with van der Waals surface area (Å²) in [4.78, 5) is 4.92. The molecule has 45 heavy (non-hydrogen) atoms. The summed E-state index contributed by atoms with van der Waals surface area (Å²) in [5, 5.41) is 0. The van der Waals surface area contributed by atoms with Crippen molar-refractivity contribution in [3.05, 3.63) is 176 Å². The van der Waals surface area contributed by atoms with E-state index in [9.17, 15) is 0 Å². The van der Waals surface area contributed by atoms with Crippen LogP contribution in [0.25, 0.3) is 33.4 Å². The van der Waals surface area contributed by atoms with E-state index in [1.807, 2.05) is 0 Å². The van der Waals surface area contributed by atoms with Gasteiger partial charge in [0.05, 0.1) is 0 Å². The minimum Gasteiger partial charge on any atom is -0.376 e. The van der Waals surface area contributed by atoms with Crippen LogP contribution in [0, 0.1) is 0 Å². The SMILES string of the molecule is c1ccc(-c2ccc3c(c2)-c2ccccc2B2c4ccccc4-c4cc(N(c5ccccc5)c5ccccc5)ccc4N23)cc1. The lowest BCUT2D eigenvalue weighted by Gasteiger charge is -2.43. The third-order valence-electron chi connectivity index (χ3n) is 9.24. The summed E-state index contributed by atoms with van der Waals surface area (Å²) in [5.74, 6) is 0. The van der Waals surface area contributed by atoms with E-state index >= 15 is 0 Å². The zero-order valence-corrected chi connectivity index (χ0v) is 24.7. The summed E-state index contributed by atoms with van der Waals surface area (Å²) in [6.07, 6.45) is 0. The second-order valence-electron chi connectivity index (χ2n) is 11.8. The van der Waals surface area contributed by atoms with E-state index in [-0.39, 0.29) is 6.85 Å². The van der Waals surface area contributed by atoms with E-state index in [0.29, 0.717) is 0 Å². The second kappa shape index (κ2) is 10.4. The normalized spacial score (nSPS) is 12.4. The smallest absolute Gasteiger partial charge is 0.329 e. The molecule has 2 aliphatic rings. The molecule has 0 radical (unpaired) electrons. The van der Waals surface area contributed by atoms with Gasteiger partial charge >= 0.3 is 6.85 Å². The van der Waals surface area contributed by atoms with Crippen LogP contribution in [0.4, 0.5) is 28.4 Å². The van der Waals surface area contributed by atoms with Crippen molar-refractivity contribution in [1.82, 2.24) is 0 Å². The fourth-order valence-corrected chi connectivity index (χ4v) is 7.28. The number of nitrogens with zero attached hydrogens (tertiary/aromatic N) is 2. The zero-order valence-electron chi connectivity index (χ0n) is 24.7. The van der Waals surface area contributed by atoms with E-state index in [1.54, 1.807) is 0 Å². The second-order valence-corrected chi connectivity index (χ2v) is 11.8. The predicted octanol–water partition coefficient (Wildman–Crippen LogP) is 9.73. The van der Waals surface area contributed by atoms with Crippen molar-refractivity contribution in [1.29, 1.82) is 0 Å². The number of hydrogen-bond acceptors (Lipinski definition) is 2. The summed E-state index contributed by atoms with van der Waals surface area (Å²) >= 11 is 0. The molecule has 0 atom stereocenters. The van der Waals surface area contributed by atoms with Crippen LogP contribution in [0.2, 0.25) is 0 Å². The van der Waals surface area contributed by atoms with Crippen molar-refractivity contribution in [3.8, 4) is 33.4 Å². The number of benzene rings is 7. The summed E-state index contributed by atoms with van der Waals surface area (Å²) in [6.45, 7) is 0.0881. The fraction of sp³-hybridized carbons (Fsp3) is 0. The Balaban J connectivity index is 1.27. The zero-order chi connectivity index (χ0) is 29.7. The number of hydrogen-bond donors (Lipinski definition) is 0. The summed E-state index contributed by atoms with van der Waals surface area (Å²) in [7, 11) is 0. The Hall–Kier alpha value is -5.80. The van der Waals surface area contributed by atoms with Gasteiger partial charge in [0.25, 0.3) is 0 Å². The Bertz CT molecular complexity index is 2140. The molecular weight excluding hydrogens is 543 g/mol. The first kappa shape index (κ1) is 25.7. The lowest BCUT2D eigenvalue weighted by molar-refractivity contribution is 1.27. The summed E-state index contributed by atoms with van der Waals surface area (Å²) in [6, 6.07) is 63.9. The molecule has 0 saturated heterocycles. The van der Waals surface area contributed by atoms with Gasteiger partial charge in [-0.05, 0) is 87.8 Å². The molecule has 0 fully saturated rings. The van der Waals surface area contributed by atoms with Crippen molar-refractivity contribution >= 4 is 46.2 Å². The topological polar surface area (TPSA) is 6.48 Å². The van der Waals surface area contributed by atoms with Crippen LogP contribution in [-0.4, -0.2) is 6.85 Å². The molecule has 9 rings (SSSR count). The molecule has 3 heteroatoms. The van der Waals surface area contributed by atoms with Crippen molar-refractivity contribution in [2.45, 2.75) is 0 Å². The Morgan fingerprint density at radius 3 is 1.44 bits per heavy atom. The molecule has 2 nitrogen and oxygen atoms in total. The van der Waals surface area contributed by atoms with E-state index in [1.165, 1.54) is 55.7 Å². The molecule has 2 heterocycles. The lowest BCUT2D eigenvalue weighted by atomic mass is 9.43. The average Bonchev–Trinajstić information content (AvgIpc) is 3.12. The average molecular weight is 573 g/mol. The van der Waals surface area contributed by atoms with Gasteiger partial charge in [-0.15, -0.1) is 0 Å². The highest BCUT2D eigenvalue weighted by Gasteiger charge is 2.42. The molecule has 7 aromatic rings. The van der Waals surface area contributed by atoms with Crippen LogP contribution in [0.3, 0.4) is 0 Å². The quantitative estimate of drug-likeness (QED) is 0.194. The first-order valence-electron chi connectivity index (χ1n) is 15.6. The van der Waals surface area contributed by atoms with E-state index in [4.69, 9.17) is 0 Å². The van der Waals surface area contributed by atoms with Crippen LogP contribution >= 0.6 is 0 Å². The van der Waals surface area contributed by atoms with Gasteiger partial charge in [-0.2, -0.15) is 0 Å². The molecule has 0 saturated carbocycles.